The molecule has 0 bridgehead atoms. The van der Waals surface area contributed by atoms with Crippen LogP contribution in [0.25, 0.3) is 6.08 Å². The fourth-order valence-electron chi connectivity index (χ4n) is 1.41. The third kappa shape index (κ3) is 1.99. The van der Waals surface area contributed by atoms with Crippen LogP contribution in [-0.2, 0) is 0 Å². The van der Waals surface area contributed by atoms with Gasteiger partial charge in [0, 0.05) is 10.4 Å². The van der Waals surface area contributed by atoms with Gasteiger partial charge in [-0.05, 0) is 24.5 Å². The summed E-state index contributed by atoms with van der Waals surface area (Å²) in [6.45, 7) is 0.244. The van der Waals surface area contributed by atoms with E-state index in [1.54, 1.807) is 0 Å². The van der Waals surface area contributed by atoms with E-state index in [1.165, 1.54) is 0 Å². The molecule has 14 heavy (non-hydrogen) atoms. The van der Waals surface area contributed by atoms with Crippen molar-refractivity contribution >= 4 is 17.7 Å². The summed E-state index contributed by atoms with van der Waals surface area (Å²) >= 11 is 6.00. The van der Waals surface area contributed by atoms with Gasteiger partial charge in [-0.25, -0.2) is 0 Å². The van der Waals surface area contributed by atoms with Crippen LogP contribution in [0.1, 0.15) is 18.4 Å². The topological polar surface area (TPSA) is 20.2 Å². The van der Waals surface area contributed by atoms with Gasteiger partial charge in [-0.15, -0.1) is 0 Å². The van der Waals surface area contributed by atoms with Gasteiger partial charge in [0.05, 0.1) is 6.61 Å². The van der Waals surface area contributed by atoms with Gasteiger partial charge in [0.2, 0.25) is 0 Å². The van der Waals surface area contributed by atoms with Gasteiger partial charge in [-0.3, -0.25) is 0 Å². The van der Waals surface area contributed by atoms with Crippen molar-refractivity contribution in [3.63, 3.8) is 0 Å². The highest BCUT2D eigenvalue weighted by Gasteiger charge is 2.39. The van der Waals surface area contributed by atoms with Crippen LogP contribution < -0.4 is 0 Å². The van der Waals surface area contributed by atoms with E-state index in [1.807, 2.05) is 30.3 Å². The van der Waals surface area contributed by atoms with E-state index in [4.69, 9.17) is 16.7 Å². The second-order valence-corrected chi connectivity index (χ2v) is 4.28. The Morgan fingerprint density at radius 2 is 2.07 bits per heavy atom. The van der Waals surface area contributed by atoms with E-state index >= 15 is 0 Å². The van der Waals surface area contributed by atoms with Gasteiger partial charge in [0.1, 0.15) is 0 Å². The Morgan fingerprint density at radius 3 is 2.64 bits per heavy atom. The lowest BCUT2D eigenvalue weighted by atomic mass is 10.1. The van der Waals surface area contributed by atoms with Crippen LogP contribution in [0, 0.1) is 5.41 Å². The summed E-state index contributed by atoms with van der Waals surface area (Å²) in [4.78, 5) is 0. The Hall–Kier alpha value is -0.790. The first-order valence-electron chi connectivity index (χ1n) is 4.80. The summed E-state index contributed by atoms with van der Waals surface area (Å²) in [5, 5.41) is 9.88. The first kappa shape index (κ1) is 9.75. The summed E-state index contributed by atoms with van der Waals surface area (Å²) in [5.41, 5.74) is 1.08. The molecule has 1 aromatic carbocycles. The molecule has 0 spiro atoms. The lowest BCUT2D eigenvalue weighted by Gasteiger charge is -2.03. The number of aliphatic hydroxyl groups excluding tert-OH is 1. The van der Waals surface area contributed by atoms with E-state index in [9.17, 15) is 0 Å². The molecule has 2 rings (SSSR count). The molecule has 1 aliphatic carbocycles. The lowest BCUT2D eigenvalue weighted by Crippen LogP contribution is -2.00. The molecule has 0 aliphatic heterocycles. The fourth-order valence-corrected chi connectivity index (χ4v) is 1.61. The van der Waals surface area contributed by atoms with Crippen molar-refractivity contribution < 1.29 is 5.11 Å². The molecular formula is C12H13ClO. The van der Waals surface area contributed by atoms with Crippen molar-refractivity contribution in [1.82, 2.24) is 0 Å². The number of halogens is 1. The first-order chi connectivity index (χ1) is 6.76. The standard InChI is InChI=1S/C12H13ClO/c13-11-4-2-1-3-10(11)5-6-12(9-14)7-8-12/h1-6,14H,7-9H2/b6-5+. The quantitative estimate of drug-likeness (QED) is 0.809. The maximum absolute atomic E-state index is 9.12. The zero-order valence-electron chi connectivity index (χ0n) is 7.91. The molecule has 1 nitrogen and oxygen atoms in total. The monoisotopic (exact) mass is 208 g/mol. The minimum atomic E-state index is 0.0547. The highest BCUT2D eigenvalue weighted by Crippen LogP contribution is 2.46. The van der Waals surface area contributed by atoms with Crippen LogP contribution in [0.3, 0.4) is 0 Å². The predicted octanol–water partition coefficient (Wildman–Crippen LogP) is 3.13. The van der Waals surface area contributed by atoms with Gasteiger partial charge < -0.3 is 5.11 Å². The fraction of sp³-hybridized carbons (Fsp3) is 0.333. The Bertz CT molecular complexity index is 353. The molecule has 0 heterocycles. The number of benzene rings is 1. The molecule has 74 valence electrons. The van der Waals surface area contributed by atoms with Crippen molar-refractivity contribution in [1.29, 1.82) is 0 Å². The summed E-state index contributed by atoms with van der Waals surface area (Å²) in [6.07, 6.45) is 6.26. The average Bonchev–Trinajstić information content (AvgIpc) is 2.98. The van der Waals surface area contributed by atoms with Gasteiger partial charge in [-0.2, -0.15) is 0 Å². The van der Waals surface area contributed by atoms with Crippen molar-refractivity contribution in [3.8, 4) is 0 Å². The molecule has 0 amide bonds. The largest absolute Gasteiger partial charge is 0.395 e. The van der Waals surface area contributed by atoms with Gasteiger partial charge >= 0.3 is 0 Å². The van der Waals surface area contributed by atoms with E-state index in [0.29, 0.717) is 0 Å². The Morgan fingerprint density at radius 1 is 1.36 bits per heavy atom. The smallest absolute Gasteiger partial charge is 0.0522 e. The summed E-state index contributed by atoms with van der Waals surface area (Å²) < 4.78 is 0. The number of rotatable bonds is 3. The van der Waals surface area contributed by atoms with Gasteiger partial charge in [0.15, 0.2) is 0 Å². The number of hydrogen-bond donors (Lipinski definition) is 1. The first-order valence-corrected chi connectivity index (χ1v) is 5.18. The molecule has 0 unspecified atom stereocenters. The van der Waals surface area contributed by atoms with Crippen LogP contribution in [0.4, 0.5) is 0 Å². The highest BCUT2D eigenvalue weighted by atomic mass is 35.5. The van der Waals surface area contributed by atoms with Crippen molar-refractivity contribution in [3.05, 3.63) is 40.9 Å². The van der Waals surface area contributed by atoms with E-state index in [2.05, 4.69) is 6.08 Å². The molecule has 2 heteroatoms. The van der Waals surface area contributed by atoms with Crippen molar-refractivity contribution in [2.75, 3.05) is 6.61 Å². The lowest BCUT2D eigenvalue weighted by molar-refractivity contribution is 0.242. The average molecular weight is 209 g/mol. The molecule has 1 aliphatic rings. The molecule has 0 saturated heterocycles. The normalized spacial score (nSPS) is 18.7. The van der Waals surface area contributed by atoms with Crippen LogP contribution in [-0.4, -0.2) is 11.7 Å². The van der Waals surface area contributed by atoms with E-state index in [-0.39, 0.29) is 12.0 Å². The van der Waals surface area contributed by atoms with Crippen LogP contribution in [0.5, 0.6) is 0 Å². The molecular weight excluding hydrogens is 196 g/mol. The van der Waals surface area contributed by atoms with Crippen molar-refractivity contribution in [2.24, 2.45) is 5.41 Å². The predicted molar refractivity (Wildman–Crippen MR) is 59.2 cm³/mol. The number of hydrogen-bond acceptors (Lipinski definition) is 1. The van der Waals surface area contributed by atoms with E-state index < -0.39 is 0 Å². The Kier molecular flexibility index (Phi) is 2.62. The van der Waals surface area contributed by atoms with Crippen LogP contribution >= 0.6 is 11.6 Å². The minimum Gasteiger partial charge on any atom is -0.395 e. The van der Waals surface area contributed by atoms with Gasteiger partial charge in [-0.1, -0.05) is 42.0 Å². The molecule has 0 atom stereocenters. The third-order valence-corrected chi connectivity index (χ3v) is 3.07. The molecule has 1 aromatic rings. The Labute approximate surface area is 89.0 Å². The second-order valence-electron chi connectivity index (χ2n) is 3.88. The Balaban J connectivity index is 2.14. The maximum atomic E-state index is 9.12. The van der Waals surface area contributed by atoms with Gasteiger partial charge in [0.25, 0.3) is 0 Å². The zero-order valence-corrected chi connectivity index (χ0v) is 8.67. The third-order valence-electron chi connectivity index (χ3n) is 2.73. The summed E-state index contributed by atoms with van der Waals surface area (Å²) in [6, 6.07) is 7.73. The number of aliphatic hydroxyl groups is 1. The van der Waals surface area contributed by atoms with Crippen LogP contribution in [0.15, 0.2) is 30.3 Å². The molecule has 0 radical (unpaired) electrons. The zero-order chi connectivity index (χ0) is 10.0. The molecule has 1 N–H and O–H groups in total. The maximum Gasteiger partial charge on any atom is 0.0522 e. The second kappa shape index (κ2) is 3.76. The SMILES string of the molecule is OCC1(/C=C/c2ccccc2Cl)CC1. The molecule has 1 saturated carbocycles. The summed E-state index contributed by atoms with van der Waals surface area (Å²) in [5.74, 6) is 0. The highest BCUT2D eigenvalue weighted by molar-refractivity contribution is 6.32. The summed E-state index contributed by atoms with van der Waals surface area (Å²) in [7, 11) is 0. The van der Waals surface area contributed by atoms with Crippen LogP contribution in [0.2, 0.25) is 5.02 Å². The molecule has 1 fully saturated rings. The minimum absolute atomic E-state index is 0.0547. The molecule has 0 aromatic heterocycles. The van der Waals surface area contributed by atoms with Crippen molar-refractivity contribution in [2.45, 2.75) is 12.8 Å². The van der Waals surface area contributed by atoms with E-state index in [0.717, 1.165) is 23.4 Å².